The Morgan fingerprint density at radius 1 is 1.29 bits per heavy atom. The van der Waals surface area contributed by atoms with Crippen LogP contribution in [0.3, 0.4) is 0 Å². The van der Waals surface area contributed by atoms with E-state index in [4.69, 9.17) is 4.74 Å². The first kappa shape index (κ1) is 17.9. The van der Waals surface area contributed by atoms with Gasteiger partial charge in [0.05, 0.1) is 7.11 Å². The third-order valence-corrected chi connectivity index (χ3v) is 3.46. The summed E-state index contributed by atoms with van der Waals surface area (Å²) in [6.45, 7) is 0. The number of hydrogen-bond acceptors (Lipinski definition) is 3. The highest BCUT2D eigenvalue weighted by molar-refractivity contribution is 5.82. The van der Waals surface area contributed by atoms with Crippen molar-refractivity contribution in [3.8, 4) is 5.75 Å². The summed E-state index contributed by atoms with van der Waals surface area (Å²) in [6, 6.07) is 5.00. The summed E-state index contributed by atoms with van der Waals surface area (Å²) in [5.41, 5.74) is 0.0250. The SMILES string of the molecule is COc1cccc([C@H](O)C(=O)N[C@H](c2ccn(C)c2)C(F)(F)F)c1. The zero-order valence-electron chi connectivity index (χ0n) is 13.0. The molecule has 8 heteroatoms. The highest BCUT2D eigenvalue weighted by atomic mass is 19.4. The third kappa shape index (κ3) is 4.08. The van der Waals surface area contributed by atoms with Gasteiger partial charge in [-0.1, -0.05) is 12.1 Å². The number of aryl methyl sites for hydroxylation is 1. The number of hydrogen-bond donors (Lipinski definition) is 2. The molecular formula is C16H17F3N2O3. The number of carbonyl (C=O) groups excluding carboxylic acids is 1. The minimum Gasteiger partial charge on any atom is -0.497 e. The van der Waals surface area contributed by atoms with Gasteiger partial charge in [0.25, 0.3) is 5.91 Å². The molecule has 0 saturated carbocycles. The van der Waals surface area contributed by atoms with Crippen LogP contribution in [0.1, 0.15) is 23.3 Å². The van der Waals surface area contributed by atoms with E-state index in [0.717, 1.165) is 0 Å². The Morgan fingerprint density at radius 3 is 2.54 bits per heavy atom. The van der Waals surface area contributed by atoms with Gasteiger partial charge in [0.15, 0.2) is 12.1 Å². The van der Waals surface area contributed by atoms with Gasteiger partial charge in [-0.15, -0.1) is 0 Å². The molecule has 0 aliphatic carbocycles. The molecule has 1 aromatic heterocycles. The summed E-state index contributed by atoms with van der Waals surface area (Å²) in [5.74, 6) is -0.760. The fraction of sp³-hybridized carbons (Fsp3) is 0.312. The average Bonchev–Trinajstić information content (AvgIpc) is 2.96. The fourth-order valence-electron chi connectivity index (χ4n) is 2.23. The minimum atomic E-state index is -4.69. The molecule has 0 spiro atoms. The number of rotatable bonds is 5. The molecule has 1 aromatic carbocycles. The zero-order chi connectivity index (χ0) is 17.9. The lowest BCUT2D eigenvalue weighted by atomic mass is 10.1. The topological polar surface area (TPSA) is 63.5 Å². The van der Waals surface area contributed by atoms with E-state index in [1.807, 2.05) is 5.32 Å². The number of amides is 1. The first-order valence-electron chi connectivity index (χ1n) is 7.03. The Kier molecular flexibility index (Phi) is 5.18. The van der Waals surface area contributed by atoms with Gasteiger partial charge in [0, 0.05) is 25.0 Å². The van der Waals surface area contributed by atoms with E-state index in [1.165, 1.54) is 48.3 Å². The van der Waals surface area contributed by atoms with E-state index >= 15 is 0 Å². The van der Waals surface area contributed by atoms with E-state index in [1.54, 1.807) is 13.1 Å². The van der Waals surface area contributed by atoms with Crippen molar-refractivity contribution in [1.82, 2.24) is 9.88 Å². The predicted octanol–water partition coefficient (Wildman–Crippen LogP) is 2.49. The Hall–Kier alpha value is -2.48. The summed E-state index contributed by atoms with van der Waals surface area (Å²) in [4.78, 5) is 12.1. The smallest absolute Gasteiger partial charge is 0.412 e. The summed E-state index contributed by atoms with van der Waals surface area (Å²) in [7, 11) is 2.98. The van der Waals surface area contributed by atoms with E-state index < -0.39 is 24.2 Å². The van der Waals surface area contributed by atoms with Crippen LogP contribution >= 0.6 is 0 Å². The number of benzene rings is 1. The van der Waals surface area contributed by atoms with E-state index in [9.17, 15) is 23.1 Å². The van der Waals surface area contributed by atoms with Crippen LogP contribution in [0.15, 0.2) is 42.7 Å². The Balaban J connectivity index is 2.20. The van der Waals surface area contributed by atoms with Gasteiger partial charge in [-0.2, -0.15) is 13.2 Å². The molecule has 0 aliphatic heterocycles. The summed E-state index contributed by atoms with van der Waals surface area (Å²) in [6.07, 6.45) is -3.73. The normalized spacial score (nSPS) is 14.1. The van der Waals surface area contributed by atoms with Gasteiger partial charge in [-0.25, -0.2) is 0 Å². The van der Waals surface area contributed by atoms with Crippen molar-refractivity contribution >= 4 is 5.91 Å². The van der Waals surface area contributed by atoms with Crippen LogP contribution in [0, 0.1) is 0 Å². The molecule has 0 fully saturated rings. The molecule has 2 N–H and O–H groups in total. The molecule has 0 unspecified atom stereocenters. The van der Waals surface area contributed by atoms with Crippen LogP contribution < -0.4 is 10.1 Å². The van der Waals surface area contributed by atoms with Crippen LogP contribution in [0.4, 0.5) is 13.2 Å². The fourth-order valence-corrected chi connectivity index (χ4v) is 2.23. The Labute approximate surface area is 136 Å². The number of alkyl halides is 3. The number of ether oxygens (including phenoxy) is 1. The number of nitrogens with one attached hydrogen (secondary N) is 1. The van der Waals surface area contributed by atoms with Crippen molar-refractivity contribution in [2.75, 3.05) is 7.11 Å². The summed E-state index contributed by atoms with van der Waals surface area (Å²) in [5, 5.41) is 11.9. The maximum atomic E-state index is 13.2. The minimum absolute atomic E-state index is 0.115. The molecule has 24 heavy (non-hydrogen) atoms. The van der Waals surface area contributed by atoms with Crippen molar-refractivity contribution in [2.45, 2.75) is 18.3 Å². The van der Waals surface area contributed by atoms with Gasteiger partial charge in [-0.05, 0) is 23.8 Å². The number of aromatic nitrogens is 1. The maximum absolute atomic E-state index is 13.2. The van der Waals surface area contributed by atoms with Gasteiger partial charge in [0.2, 0.25) is 0 Å². The van der Waals surface area contributed by atoms with Crippen molar-refractivity contribution < 1.29 is 27.8 Å². The van der Waals surface area contributed by atoms with Gasteiger partial charge >= 0.3 is 6.18 Å². The second-order valence-electron chi connectivity index (χ2n) is 5.27. The molecule has 0 aliphatic rings. The zero-order valence-corrected chi connectivity index (χ0v) is 13.0. The summed E-state index contributed by atoms with van der Waals surface area (Å²) >= 11 is 0. The van der Waals surface area contributed by atoms with Gasteiger partial charge in [0.1, 0.15) is 5.75 Å². The number of carbonyl (C=O) groups is 1. The molecule has 0 radical (unpaired) electrons. The van der Waals surface area contributed by atoms with Crippen LogP contribution in [0.5, 0.6) is 5.75 Å². The predicted molar refractivity (Wildman–Crippen MR) is 80.3 cm³/mol. The Morgan fingerprint density at radius 2 is 2.00 bits per heavy atom. The molecule has 0 bridgehead atoms. The molecular weight excluding hydrogens is 325 g/mol. The molecule has 1 amide bonds. The number of halogens is 3. The van der Waals surface area contributed by atoms with Crippen LogP contribution in [0.2, 0.25) is 0 Å². The Bertz CT molecular complexity index is 713. The second kappa shape index (κ2) is 6.96. The number of methoxy groups -OCH3 is 1. The van der Waals surface area contributed by atoms with Gasteiger partial charge < -0.3 is 19.7 Å². The van der Waals surface area contributed by atoms with Crippen LogP contribution in [-0.2, 0) is 11.8 Å². The van der Waals surface area contributed by atoms with Crippen molar-refractivity contribution in [3.63, 3.8) is 0 Å². The van der Waals surface area contributed by atoms with Crippen molar-refractivity contribution in [2.24, 2.45) is 7.05 Å². The average molecular weight is 342 g/mol. The molecule has 2 rings (SSSR count). The lowest BCUT2D eigenvalue weighted by Crippen LogP contribution is -2.40. The van der Waals surface area contributed by atoms with E-state index in [2.05, 4.69) is 0 Å². The molecule has 2 atom stereocenters. The standard InChI is InChI=1S/C16H17F3N2O3/c1-21-7-6-11(9-21)14(16(17,18)19)20-15(23)13(22)10-4-3-5-12(8-10)24-2/h3-9,13-14,22H,1-2H3,(H,20,23)/t13-,14+/m0/s1. The largest absolute Gasteiger partial charge is 0.497 e. The van der Waals surface area contributed by atoms with E-state index in [-0.39, 0.29) is 11.1 Å². The molecule has 130 valence electrons. The summed E-state index contributed by atoms with van der Waals surface area (Å²) < 4.78 is 46.1. The highest BCUT2D eigenvalue weighted by Gasteiger charge is 2.43. The monoisotopic (exact) mass is 342 g/mol. The molecule has 5 nitrogen and oxygen atoms in total. The number of nitrogens with zero attached hydrogens (tertiary/aromatic N) is 1. The first-order chi connectivity index (χ1) is 11.2. The second-order valence-corrected chi connectivity index (χ2v) is 5.27. The molecule has 2 aromatic rings. The van der Waals surface area contributed by atoms with Crippen LogP contribution in [-0.4, -0.2) is 28.9 Å². The molecule has 0 saturated heterocycles. The van der Waals surface area contributed by atoms with Crippen LogP contribution in [0.25, 0.3) is 0 Å². The lowest BCUT2D eigenvalue weighted by Gasteiger charge is -2.22. The van der Waals surface area contributed by atoms with E-state index in [0.29, 0.717) is 5.75 Å². The number of aliphatic hydroxyl groups excluding tert-OH is 1. The third-order valence-electron chi connectivity index (χ3n) is 3.46. The lowest BCUT2D eigenvalue weighted by molar-refractivity contribution is -0.166. The quantitative estimate of drug-likeness (QED) is 0.877. The molecule has 1 heterocycles. The van der Waals surface area contributed by atoms with Crippen molar-refractivity contribution in [3.05, 3.63) is 53.9 Å². The van der Waals surface area contributed by atoms with Crippen molar-refractivity contribution in [1.29, 1.82) is 0 Å². The maximum Gasteiger partial charge on any atom is 0.412 e. The number of aliphatic hydroxyl groups is 1. The first-order valence-corrected chi connectivity index (χ1v) is 7.03. The van der Waals surface area contributed by atoms with Gasteiger partial charge in [-0.3, -0.25) is 4.79 Å². The highest BCUT2D eigenvalue weighted by Crippen LogP contribution is 2.33.